The molecule has 0 unspecified atom stereocenters. The molecule has 0 radical (unpaired) electrons. The molecule has 0 saturated carbocycles. The summed E-state index contributed by atoms with van der Waals surface area (Å²) >= 11 is 1.28. The summed E-state index contributed by atoms with van der Waals surface area (Å²) in [6.45, 7) is 5.75. The van der Waals surface area contributed by atoms with E-state index in [0.29, 0.717) is 49.2 Å². The van der Waals surface area contributed by atoms with E-state index < -0.39 is 15.3 Å². The maximum Gasteiger partial charge on any atom is 0.243 e. The second-order valence-electron chi connectivity index (χ2n) is 7.56. The van der Waals surface area contributed by atoms with Crippen molar-refractivity contribution in [3.8, 4) is 0 Å². The Morgan fingerprint density at radius 1 is 1.21 bits per heavy atom. The zero-order valence-electron chi connectivity index (χ0n) is 18.3. The summed E-state index contributed by atoms with van der Waals surface area (Å²) in [4.78, 5) is 17.4. The normalized spacial score (nSPS) is 16.1. The van der Waals surface area contributed by atoms with E-state index in [4.69, 9.17) is 4.74 Å². The first kappa shape index (κ1) is 23.7. The van der Waals surface area contributed by atoms with Crippen LogP contribution in [0.15, 0.2) is 52.5 Å². The third kappa shape index (κ3) is 5.06. The van der Waals surface area contributed by atoms with Crippen LogP contribution < -0.4 is 5.32 Å². The molecule has 1 fully saturated rings. The molecule has 4 rings (SSSR count). The Kier molecular flexibility index (Phi) is 7.03. The van der Waals surface area contributed by atoms with Gasteiger partial charge in [-0.25, -0.2) is 17.8 Å². The lowest BCUT2D eigenvalue weighted by Gasteiger charge is -2.26. The van der Waals surface area contributed by atoms with Crippen LogP contribution in [-0.2, 0) is 26.1 Å². The Hall–Kier alpha value is -2.47. The van der Waals surface area contributed by atoms with Crippen molar-refractivity contribution < 1.29 is 22.3 Å². The average molecular weight is 493 g/mol. The molecule has 11 heteroatoms. The van der Waals surface area contributed by atoms with Gasteiger partial charge in [0.1, 0.15) is 5.82 Å². The highest BCUT2D eigenvalue weighted by Gasteiger charge is 2.27. The minimum absolute atomic E-state index is 0.191. The number of carbonyl (C=O) groups is 1. The number of aromatic nitrogens is 2. The topological polar surface area (TPSA) is 93.5 Å². The number of rotatable bonds is 7. The Morgan fingerprint density at radius 3 is 2.58 bits per heavy atom. The predicted molar refractivity (Wildman–Crippen MR) is 125 cm³/mol. The van der Waals surface area contributed by atoms with Crippen molar-refractivity contribution in [3.63, 3.8) is 0 Å². The second-order valence-corrected chi connectivity index (χ2v) is 10.8. The fourth-order valence-corrected chi connectivity index (χ4v) is 5.98. The van der Waals surface area contributed by atoms with Crippen LogP contribution in [0.1, 0.15) is 13.8 Å². The zero-order valence-corrected chi connectivity index (χ0v) is 20.0. The number of anilines is 1. The Morgan fingerprint density at radius 2 is 1.91 bits per heavy atom. The number of sulfonamides is 1. The summed E-state index contributed by atoms with van der Waals surface area (Å²) in [5.41, 5.74) is 1.86. The number of thioether (sulfide) groups is 1. The van der Waals surface area contributed by atoms with Gasteiger partial charge < -0.3 is 14.6 Å². The van der Waals surface area contributed by atoms with Crippen LogP contribution in [0.2, 0.25) is 0 Å². The van der Waals surface area contributed by atoms with Gasteiger partial charge in [0.05, 0.1) is 34.4 Å². The molecule has 8 nitrogen and oxygen atoms in total. The number of morpholine rings is 1. The van der Waals surface area contributed by atoms with Gasteiger partial charge in [-0.15, -0.1) is 0 Å². The third-order valence-corrected chi connectivity index (χ3v) is 8.36. The monoisotopic (exact) mass is 492 g/mol. The molecule has 0 spiro atoms. The third-order valence-electron chi connectivity index (χ3n) is 5.37. The van der Waals surface area contributed by atoms with Gasteiger partial charge in [-0.2, -0.15) is 4.31 Å². The number of fused-ring (bicyclic) bond motifs is 1. The standard InChI is InChI=1S/C22H25FN4O4S2/c1-3-27-20-9-8-18(33(29,30)26-10-12-31-13-11-26)14-19(20)25-22(27)32-15(2)21(28)24-17-6-4-16(23)5-7-17/h4-9,14-15H,3,10-13H2,1-2H3,(H,24,28)/t15-/m0/s1. The highest BCUT2D eigenvalue weighted by atomic mass is 32.2. The van der Waals surface area contributed by atoms with Crippen molar-refractivity contribution in [2.75, 3.05) is 31.6 Å². The van der Waals surface area contributed by atoms with Crippen LogP contribution in [0.3, 0.4) is 0 Å². The zero-order chi connectivity index (χ0) is 23.6. The molecular weight excluding hydrogens is 467 g/mol. The van der Waals surface area contributed by atoms with Crippen molar-refractivity contribution >= 4 is 44.4 Å². The lowest BCUT2D eigenvalue weighted by atomic mass is 10.3. The summed E-state index contributed by atoms with van der Waals surface area (Å²) < 4.78 is 47.7. The molecule has 3 aromatic rings. The van der Waals surface area contributed by atoms with E-state index >= 15 is 0 Å². The number of amides is 1. The molecule has 0 aliphatic carbocycles. The van der Waals surface area contributed by atoms with Gasteiger partial charge in [0.25, 0.3) is 0 Å². The van der Waals surface area contributed by atoms with Gasteiger partial charge in [0.15, 0.2) is 5.16 Å². The second kappa shape index (κ2) is 9.80. The van der Waals surface area contributed by atoms with Gasteiger partial charge >= 0.3 is 0 Å². The van der Waals surface area contributed by atoms with Crippen LogP contribution >= 0.6 is 11.8 Å². The highest BCUT2D eigenvalue weighted by Crippen LogP contribution is 2.30. The van der Waals surface area contributed by atoms with Crippen molar-refractivity contribution in [2.45, 2.75) is 35.7 Å². The average Bonchev–Trinajstić information content (AvgIpc) is 3.17. The SMILES string of the molecule is CCn1c(S[C@@H](C)C(=O)Nc2ccc(F)cc2)nc2cc(S(=O)(=O)N3CCOCC3)ccc21. The fourth-order valence-electron chi connectivity index (χ4n) is 3.57. The molecule has 1 aliphatic rings. The molecule has 1 atom stereocenters. The molecule has 1 aliphatic heterocycles. The number of benzene rings is 2. The minimum Gasteiger partial charge on any atom is -0.379 e. The lowest BCUT2D eigenvalue weighted by Crippen LogP contribution is -2.40. The summed E-state index contributed by atoms with van der Waals surface area (Å²) in [5, 5.41) is 2.91. The molecule has 176 valence electrons. The van der Waals surface area contributed by atoms with Crippen molar-refractivity contribution in [1.29, 1.82) is 0 Å². The largest absolute Gasteiger partial charge is 0.379 e. The maximum absolute atomic E-state index is 13.1. The van der Waals surface area contributed by atoms with E-state index in [1.807, 2.05) is 11.5 Å². The predicted octanol–water partition coefficient (Wildman–Crippen LogP) is 3.34. The highest BCUT2D eigenvalue weighted by molar-refractivity contribution is 8.00. The number of hydrogen-bond donors (Lipinski definition) is 1. The van der Waals surface area contributed by atoms with E-state index in [9.17, 15) is 17.6 Å². The van der Waals surface area contributed by atoms with E-state index in [1.165, 1.54) is 40.3 Å². The maximum atomic E-state index is 13.1. The molecular formula is C22H25FN4O4S2. The van der Waals surface area contributed by atoms with Gasteiger partial charge in [-0.3, -0.25) is 4.79 Å². The number of hydrogen-bond acceptors (Lipinski definition) is 6. The van der Waals surface area contributed by atoms with E-state index in [2.05, 4.69) is 10.3 Å². The molecule has 1 aromatic heterocycles. The number of ether oxygens (including phenoxy) is 1. The molecule has 0 bridgehead atoms. The number of nitrogens with zero attached hydrogens (tertiary/aromatic N) is 3. The van der Waals surface area contributed by atoms with Gasteiger partial charge in [0, 0.05) is 25.3 Å². The van der Waals surface area contributed by atoms with Gasteiger partial charge in [-0.05, 0) is 56.3 Å². The number of halogens is 1. The minimum atomic E-state index is -3.63. The summed E-state index contributed by atoms with van der Waals surface area (Å²) in [7, 11) is -3.63. The summed E-state index contributed by atoms with van der Waals surface area (Å²) in [6.07, 6.45) is 0. The van der Waals surface area contributed by atoms with Crippen molar-refractivity contribution in [1.82, 2.24) is 13.9 Å². The van der Waals surface area contributed by atoms with E-state index in [-0.39, 0.29) is 16.6 Å². The van der Waals surface area contributed by atoms with Crippen molar-refractivity contribution in [3.05, 3.63) is 48.3 Å². The van der Waals surface area contributed by atoms with E-state index in [0.717, 1.165) is 5.52 Å². The fraction of sp³-hybridized carbons (Fsp3) is 0.364. The molecule has 2 heterocycles. The van der Waals surface area contributed by atoms with Gasteiger partial charge in [0.2, 0.25) is 15.9 Å². The summed E-state index contributed by atoms with van der Waals surface area (Å²) in [6, 6.07) is 10.5. The smallest absolute Gasteiger partial charge is 0.243 e. The molecule has 33 heavy (non-hydrogen) atoms. The number of imidazole rings is 1. The molecule has 1 N–H and O–H groups in total. The first-order valence-corrected chi connectivity index (χ1v) is 12.9. The molecule has 2 aromatic carbocycles. The number of carbonyl (C=O) groups excluding carboxylic acids is 1. The Bertz CT molecular complexity index is 1260. The lowest BCUT2D eigenvalue weighted by molar-refractivity contribution is -0.115. The van der Waals surface area contributed by atoms with Crippen LogP contribution in [0, 0.1) is 5.82 Å². The molecule has 1 saturated heterocycles. The summed E-state index contributed by atoms with van der Waals surface area (Å²) in [5.74, 6) is -0.612. The first-order chi connectivity index (χ1) is 15.8. The number of aryl methyl sites for hydroxylation is 1. The van der Waals surface area contributed by atoms with Gasteiger partial charge in [-0.1, -0.05) is 11.8 Å². The van der Waals surface area contributed by atoms with E-state index in [1.54, 1.807) is 25.1 Å². The Labute approximate surface area is 196 Å². The van der Waals surface area contributed by atoms with Crippen LogP contribution in [0.25, 0.3) is 11.0 Å². The first-order valence-electron chi connectivity index (χ1n) is 10.6. The van der Waals surface area contributed by atoms with Crippen LogP contribution in [0.4, 0.5) is 10.1 Å². The van der Waals surface area contributed by atoms with Crippen LogP contribution in [0.5, 0.6) is 0 Å². The quantitative estimate of drug-likeness (QED) is 0.509. The Balaban J connectivity index is 1.56. The number of nitrogens with one attached hydrogen (secondary N) is 1. The van der Waals surface area contributed by atoms with Crippen LogP contribution in [-0.4, -0.2) is 59.7 Å². The molecule has 1 amide bonds. The van der Waals surface area contributed by atoms with Crippen molar-refractivity contribution in [2.24, 2.45) is 0 Å².